The molecular weight excluding hydrogens is 400 g/mol. The van der Waals surface area contributed by atoms with Crippen LogP contribution in [0.3, 0.4) is 0 Å². The monoisotopic (exact) mass is 428 g/mol. The van der Waals surface area contributed by atoms with Crippen molar-refractivity contribution in [3.63, 3.8) is 0 Å². The third-order valence-corrected chi connectivity index (χ3v) is 6.52. The van der Waals surface area contributed by atoms with Gasteiger partial charge in [0.25, 0.3) is 0 Å². The molecule has 1 fully saturated rings. The predicted molar refractivity (Wildman–Crippen MR) is 126 cm³/mol. The van der Waals surface area contributed by atoms with Crippen molar-refractivity contribution in [3.8, 4) is 5.69 Å². The second-order valence-corrected chi connectivity index (χ2v) is 8.71. The Kier molecular flexibility index (Phi) is 5.71. The number of hydrogen-bond acceptors (Lipinski definition) is 4. The molecule has 3 aromatic heterocycles. The van der Waals surface area contributed by atoms with Crippen molar-refractivity contribution in [1.82, 2.24) is 25.1 Å². The molecule has 5 rings (SSSR count). The number of nitrogens with zero attached hydrogens (tertiary/aromatic N) is 4. The lowest BCUT2D eigenvalue weighted by molar-refractivity contribution is 0.204. The van der Waals surface area contributed by atoms with Gasteiger partial charge in [-0.2, -0.15) is 5.10 Å². The van der Waals surface area contributed by atoms with Crippen LogP contribution < -0.4 is 10.6 Å². The van der Waals surface area contributed by atoms with Gasteiger partial charge in [-0.1, -0.05) is 37.1 Å². The Morgan fingerprint density at radius 2 is 2.03 bits per heavy atom. The summed E-state index contributed by atoms with van der Waals surface area (Å²) in [7, 11) is 0. The molecule has 3 heterocycles. The normalized spacial score (nSPS) is 22.7. The molecule has 3 atom stereocenters. The summed E-state index contributed by atoms with van der Waals surface area (Å²) in [4.78, 5) is 21.5. The van der Waals surface area contributed by atoms with Gasteiger partial charge >= 0.3 is 6.03 Å². The molecule has 2 aliphatic carbocycles. The van der Waals surface area contributed by atoms with E-state index in [1.807, 2.05) is 29.8 Å². The Bertz CT molecular complexity index is 1180. The fourth-order valence-corrected chi connectivity index (χ4v) is 4.95. The van der Waals surface area contributed by atoms with Crippen LogP contribution in [-0.4, -0.2) is 31.8 Å². The zero-order chi connectivity index (χ0) is 21.9. The number of amides is 2. The molecule has 32 heavy (non-hydrogen) atoms. The number of hydrogen-bond donors (Lipinski definition) is 2. The van der Waals surface area contributed by atoms with Crippen LogP contribution in [0.1, 0.15) is 37.8 Å². The maximum atomic E-state index is 12.8. The van der Waals surface area contributed by atoms with Gasteiger partial charge in [-0.25, -0.2) is 14.5 Å². The Morgan fingerprint density at radius 3 is 2.88 bits per heavy atom. The summed E-state index contributed by atoms with van der Waals surface area (Å²) in [5, 5.41) is 11.6. The van der Waals surface area contributed by atoms with Crippen molar-refractivity contribution in [3.05, 3.63) is 66.8 Å². The molecular formula is C25H28N6O. The van der Waals surface area contributed by atoms with Gasteiger partial charge in [0, 0.05) is 23.3 Å². The van der Waals surface area contributed by atoms with Crippen molar-refractivity contribution in [2.75, 3.05) is 5.32 Å². The van der Waals surface area contributed by atoms with E-state index in [9.17, 15) is 4.79 Å². The number of fused-ring (bicyclic) bond motifs is 1. The van der Waals surface area contributed by atoms with Gasteiger partial charge in [0.1, 0.15) is 5.82 Å². The maximum Gasteiger partial charge on any atom is 0.320 e. The maximum absolute atomic E-state index is 12.8. The van der Waals surface area contributed by atoms with Crippen molar-refractivity contribution in [2.24, 2.45) is 11.8 Å². The molecule has 0 aliphatic heterocycles. The molecule has 164 valence electrons. The number of urea groups is 1. The number of aromatic nitrogens is 4. The van der Waals surface area contributed by atoms with E-state index in [0.29, 0.717) is 17.7 Å². The Labute approximate surface area is 187 Å². The third kappa shape index (κ3) is 4.28. The first-order valence-electron chi connectivity index (χ1n) is 11.3. The minimum atomic E-state index is -0.193. The molecule has 0 bridgehead atoms. The molecule has 7 heteroatoms. The standard InChI is InChI=1S/C25H28N6O/c1-17-13-20(11-12-26-17)31-23-16-27-24(14-19(23)15-28-31)30-25(32)29-22-10-6-5-9-21(22)18-7-3-2-4-8-18/h2-4,7,11-16,18,21-22H,5-6,8-10H2,1H3,(H2,27,29,30,32)/t18?,21-,22+/m1/s1. The van der Waals surface area contributed by atoms with Crippen LogP contribution in [0.5, 0.6) is 0 Å². The second kappa shape index (κ2) is 8.94. The first-order chi connectivity index (χ1) is 15.7. The Balaban J connectivity index is 1.28. The summed E-state index contributed by atoms with van der Waals surface area (Å²) in [6.07, 6.45) is 19.7. The molecule has 0 saturated heterocycles. The zero-order valence-electron chi connectivity index (χ0n) is 18.2. The van der Waals surface area contributed by atoms with Gasteiger partial charge < -0.3 is 5.32 Å². The lowest BCUT2D eigenvalue weighted by Gasteiger charge is -2.36. The van der Waals surface area contributed by atoms with Crippen LogP contribution in [0.4, 0.5) is 10.6 Å². The van der Waals surface area contributed by atoms with Crippen LogP contribution in [0.2, 0.25) is 0 Å². The average molecular weight is 429 g/mol. The van der Waals surface area contributed by atoms with Gasteiger partial charge in [0.15, 0.2) is 0 Å². The Morgan fingerprint density at radius 1 is 1.12 bits per heavy atom. The molecule has 2 amide bonds. The van der Waals surface area contributed by atoms with Crippen molar-refractivity contribution in [1.29, 1.82) is 0 Å². The van der Waals surface area contributed by atoms with Gasteiger partial charge in [-0.3, -0.25) is 10.3 Å². The SMILES string of the molecule is Cc1cc(-n2ncc3cc(NC(=O)N[C@H]4CCCC[C@@H]4C4C=CC=CC4)ncc32)ccn1. The number of carbonyl (C=O) groups is 1. The smallest absolute Gasteiger partial charge is 0.320 e. The molecule has 2 aliphatic rings. The van der Waals surface area contributed by atoms with Crippen molar-refractivity contribution < 1.29 is 4.79 Å². The average Bonchev–Trinajstić information content (AvgIpc) is 3.23. The first kappa shape index (κ1) is 20.4. The van der Waals surface area contributed by atoms with Crippen molar-refractivity contribution in [2.45, 2.75) is 45.1 Å². The third-order valence-electron chi connectivity index (χ3n) is 6.52. The zero-order valence-corrected chi connectivity index (χ0v) is 18.2. The van der Waals surface area contributed by atoms with Crippen LogP contribution >= 0.6 is 0 Å². The van der Waals surface area contributed by atoms with E-state index in [1.54, 1.807) is 18.6 Å². The van der Waals surface area contributed by atoms with E-state index in [2.05, 4.69) is 50.0 Å². The molecule has 3 aromatic rings. The minimum absolute atomic E-state index is 0.186. The number of nitrogens with one attached hydrogen (secondary N) is 2. The highest BCUT2D eigenvalue weighted by molar-refractivity contribution is 5.91. The van der Waals surface area contributed by atoms with Crippen LogP contribution in [0.15, 0.2) is 61.1 Å². The lowest BCUT2D eigenvalue weighted by atomic mass is 9.74. The summed E-state index contributed by atoms with van der Waals surface area (Å²) < 4.78 is 1.83. The van der Waals surface area contributed by atoms with E-state index < -0.39 is 0 Å². The second-order valence-electron chi connectivity index (χ2n) is 8.71. The summed E-state index contributed by atoms with van der Waals surface area (Å²) in [5.74, 6) is 1.50. The van der Waals surface area contributed by atoms with Crippen molar-refractivity contribution >= 4 is 22.8 Å². The fraction of sp³-hybridized carbons (Fsp3) is 0.360. The number of rotatable bonds is 4. The fourth-order valence-electron chi connectivity index (χ4n) is 4.95. The van der Waals surface area contributed by atoms with E-state index in [0.717, 1.165) is 48.0 Å². The summed E-state index contributed by atoms with van der Waals surface area (Å²) in [5.41, 5.74) is 2.74. The minimum Gasteiger partial charge on any atom is -0.335 e. The number of pyridine rings is 2. The van der Waals surface area contributed by atoms with E-state index >= 15 is 0 Å². The molecule has 0 radical (unpaired) electrons. The lowest BCUT2D eigenvalue weighted by Crippen LogP contribution is -2.46. The highest BCUT2D eigenvalue weighted by Crippen LogP contribution is 2.34. The van der Waals surface area contributed by atoms with Gasteiger partial charge in [0.2, 0.25) is 0 Å². The summed E-state index contributed by atoms with van der Waals surface area (Å²) in [6.45, 7) is 1.95. The number of allylic oxidation sites excluding steroid dienone is 4. The van der Waals surface area contributed by atoms with Crippen LogP contribution in [-0.2, 0) is 0 Å². The van der Waals surface area contributed by atoms with Gasteiger partial charge in [0.05, 0.1) is 23.6 Å². The molecule has 1 saturated carbocycles. The van der Waals surface area contributed by atoms with E-state index in [1.165, 1.54) is 6.42 Å². The van der Waals surface area contributed by atoms with E-state index in [-0.39, 0.29) is 12.1 Å². The quantitative estimate of drug-likeness (QED) is 0.617. The molecule has 2 N–H and O–H groups in total. The highest BCUT2D eigenvalue weighted by atomic mass is 16.2. The molecule has 7 nitrogen and oxygen atoms in total. The van der Waals surface area contributed by atoms with Crippen LogP contribution in [0, 0.1) is 18.8 Å². The number of aryl methyl sites for hydroxylation is 1. The molecule has 0 aromatic carbocycles. The van der Waals surface area contributed by atoms with E-state index in [4.69, 9.17) is 0 Å². The van der Waals surface area contributed by atoms with Gasteiger partial charge in [-0.15, -0.1) is 0 Å². The molecule has 0 spiro atoms. The number of carbonyl (C=O) groups excluding carboxylic acids is 1. The van der Waals surface area contributed by atoms with Gasteiger partial charge in [-0.05, 0) is 56.2 Å². The topological polar surface area (TPSA) is 84.7 Å². The summed E-state index contributed by atoms with van der Waals surface area (Å²) >= 11 is 0. The molecule has 1 unspecified atom stereocenters. The first-order valence-corrected chi connectivity index (χ1v) is 11.3. The predicted octanol–water partition coefficient (Wildman–Crippen LogP) is 4.94. The summed E-state index contributed by atoms with van der Waals surface area (Å²) in [6, 6.07) is 5.74. The Hall–Kier alpha value is -3.48. The highest BCUT2D eigenvalue weighted by Gasteiger charge is 2.31. The van der Waals surface area contributed by atoms with Crippen LogP contribution in [0.25, 0.3) is 16.6 Å². The largest absolute Gasteiger partial charge is 0.335 e. The number of anilines is 1.